The summed E-state index contributed by atoms with van der Waals surface area (Å²) in [5, 5.41) is 11.0. The number of fused-ring (bicyclic) bond motifs is 1. The van der Waals surface area contributed by atoms with Gasteiger partial charge in [0.25, 0.3) is 0 Å². The van der Waals surface area contributed by atoms with Crippen LogP contribution in [0.25, 0.3) is 11.0 Å². The number of nitrogens with one attached hydrogen (secondary N) is 2. The smallest absolute Gasteiger partial charge is 0.224 e. The number of hydrogen-bond acceptors (Lipinski definition) is 4. The van der Waals surface area contributed by atoms with Gasteiger partial charge in [-0.05, 0) is 13.3 Å². The van der Waals surface area contributed by atoms with Crippen molar-refractivity contribution in [2.24, 2.45) is 0 Å². The summed E-state index contributed by atoms with van der Waals surface area (Å²) in [5.41, 5.74) is 1.72. The lowest BCUT2D eigenvalue weighted by Gasteiger charge is -2.00. The third kappa shape index (κ3) is 1.53. The number of hydrogen-bond donors (Lipinski definition) is 2. The maximum Gasteiger partial charge on any atom is 0.224 e. The topological polar surface area (TPSA) is 66.5 Å². The molecule has 0 bridgehead atoms. The molecule has 2 heterocycles. The second kappa shape index (κ2) is 3.61. The molecule has 0 aliphatic rings. The molecule has 0 amide bonds. The average Bonchev–Trinajstić information content (AvgIpc) is 2.57. The van der Waals surface area contributed by atoms with E-state index in [0.717, 1.165) is 29.7 Å². The molecule has 0 atom stereocenters. The van der Waals surface area contributed by atoms with Crippen molar-refractivity contribution >= 4 is 17.0 Å². The van der Waals surface area contributed by atoms with Crippen LogP contribution in [0.4, 0.5) is 5.95 Å². The van der Waals surface area contributed by atoms with Crippen LogP contribution in [0.15, 0.2) is 6.20 Å². The third-order valence-corrected chi connectivity index (χ3v) is 2.04. The molecule has 0 unspecified atom stereocenters. The van der Waals surface area contributed by atoms with E-state index < -0.39 is 0 Å². The minimum atomic E-state index is 0.644. The van der Waals surface area contributed by atoms with Gasteiger partial charge < -0.3 is 5.32 Å². The first-order valence-electron chi connectivity index (χ1n) is 4.73. The Hall–Kier alpha value is -1.65. The summed E-state index contributed by atoms with van der Waals surface area (Å²) in [4.78, 5) is 8.46. The highest BCUT2D eigenvalue weighted by Crippen LogP contribution is 2.12. The second-order valence-corrected chi connectivity index (χ2v) is 3.21. The van der Waals surface area contributed by atoms with Gasteiger partial charge >= 0.3 is 0 Å². The lowest BCUT2D eigenvalue weighted by molar-refractivity contribution is 0.954. The van der Waals surface area contributed by atoms with E-state index in [4.69, 9.17) is 0 Å². The highest BCUT2D eigenvalue weighted by molar-refractivity contribution is 5.77. The molecule has 5 heteroatoms. The minimum Gasteiger partial charge on any atom is -0.354 e. The maximum absolute atomic E-state index is 4.27. The van der Waals surface area contributed by atoms with Crippen LogP contribution in [-0.2, 0) is 0 Å². The first-order valence-corrected chi connectivity index (χ1v) is 4.73. The van der Waals surface area contributed by atoms with Crippen LogP contribution in [0, 0.1) is 6.92 Å². The fourth-order valence-electron chi connectivity index (χ4n) is 1.24. The zero-order valence-electron chi connectivity index (χ0n) is 8.33. The lowest BCUT2D eigenvalue weighted by Crippen LogP contribution is -2.03. The van der Waals surface area contributed by atoms with Crippen molar-refractivity contribution in [1.82, 2.24) is 20.2 Å². The van der Waals surface area contributed by atoms with Gasteiger partial charge in [0.15, 0.2) is 5.65 Å². The Morgan fingerprint density at radius 3 is 3.14 bits per heavy atom. The first kappa shape index (κ1) is 8.93. The summed E-state index contributed by atoms with van der Waals surface area (Å²) < 4.78 is 0. The van der Waals surface area contributed by atoms with Crippen LogP contribution in [0.5, 0.6) is 0 Å². The van der Waals surface area contributed by atoms with Gasteiger partial charge in [-0.25, -0.2) is 4.98 Å². The van der Waals surface area contributed by atoms with Crippen molar-refractivity contribution in [2.75, 3.05) is 11.9 Å². The predicted molar refractivity (Wildman–Crippen MR) is 55.2 cm³/mol. The number of anilines is 1. The molecule has 0 saturated heterocycles. The highest BCUT2D eigenvalue weighted by atomic mass is 15.2. The van der Waals surface area contributed by atoms with Crippen molar-refractivity contribution in [2.45, 2.75) is 20.3 Å². The fraction of sp³-hybridized carbons (Fsp3) is 0.444. The van der Waals surface area contributed by atoms with E-state index in [1.165, 1.54) is 0 Å². The first-order chi connectivity index (χ1) is 6.81. The molecule has 2 rings (SSSR count). The van der Waals surface area contributed by atoms with Crippen LogP contribution < -0.4 is 5.32 Å². The van der Waals surface area contributed by atoms with E-state index >= 15 is 0 Å². The van der Waals surface area contributed by atoms with Crippen molar-refractivity contribution in [3.8, 4) is 0 Å². The van der Waals surface area contributed by atoms with E-state index in [0.29, 0.717) is 5.95 Å². The zero-order valence-corrected chi connectivity index (χ0v) is 8.33. The molecule has 0 aliphatic carbocycles. The molecular weight excluding hydrogens is 178 g/mol. The van der Waals surface area contributed by atoms with Crippen LogP contribution in [0.3, 0.4) is 0 Å². The van der Waals surface area contributed by atoms with Crippen LogP contribution in [-0.4, -0.2) is 26.7 Å². The Morgan fingerprint density at radius 2 is 2.36 bits per heavy atom. The summed E-state index contributed by atoms with van der Waals surface area (Å²) in [7, 11) is 0. The second-order valence-electron chi connectivity index (χ2n) is 3.21. The Balaban J connectivity index is 2.32. The summed E-state index contributed by atoms with van der Waals surface area (Å²) >= 11 is 0. The monoisotopic (exact) mass is 191 g/mol. The van der Waals surface area contributed by atoms with Crippen LogP contribution in [0.1, 0.15) is 19.0 Å². The van der Waals surface area contributed by atoms with Crippen LogP contribution >= 0.6 is 0 Å². The Labute approximate surface area is 82.0 Å². The Bertz CT molecular complexity index is 434. The van der Waals surface area contributed by atoms with Gasteiger partial charge in [0.2, 0.25) is 5.95 Å². The van der Waals surface area contributed by atoms with E-state index in [1.807, 2.05) is 6.92 Å². The molecule has 2 aromatic heterocycles. The van der Waals surface area contributed by atoms with Crippen molar-refractivity contribution in [3.63, 3.8) is 0 Å². The molecule has 0 radical (unpaired) electrons. The number of aromatic nitrogens is 4. The number of aryl methyl sites for hydroxylation is 1. The van der Waals surface area contributed by atoms with Crippen molar-refractivity contribution in [3.05, 3.63) is 11.9 Å². The largest absolute Gasteiger partial charge is 0.354 e. The highest BCUT2D eigenvalue weighted by Gasteiger charge is 2.03. The SMILES string of the molecule is CCCNc1ncc2c(C)[nH]nc2n1. The Kier molecular flexibility index (Phi) is 2.30. The van der Waals surface area contributed by atoms with Gasteiger partial charge in [0.1, 0.15) is 0 Å². The lowest BCUT2D eigenvalue weighted by atomic mass is 10.3. The molecule has 2 aromatic rings. The normalized spacial score (nSPS) is 10.7. The molecular formula is C9H13N5. The minimum absolute atomic E-state index is 0.644. The molecule has 0 spiro atoms. The molecule has 0 fully saturated rings. The molecule has 74 valence electrons. The van der Waals surface area contributed by atoms with E-state index in [1.54, 1.807) is 6.20 Å². The average molecular weight is 191 g/mol. The zero-order chi connectivity index (χ0) is 9.97. The molecule has 0 aliphatic heterocycles. The molecule has 0 saturated carbocycles. The quantitative estimate of drug-likeness (QED) is 0.771. The molecule has 5 nitrogen and oxygen atoms in total. The standard InChI is InChI=1S/C9H13N5/c1-3-4-10-9-11-5-7-6(2)13-14-8(7)12-9/h5H,3-4H2,1-2H3,(H2,10,11,12,13,14). The summed E-state index contributed by atoms with van der Waals surface area (Å²) in [6.07, 6.45) is 2.85. The third-order valence-electron chi connectivity index (χ3n) is 2.04. The maximum atomic E-state index is 4.27. The van der Waals surface area contributed by atoms with Gasteiger partial charge in [0.05, 0.1) is 5.39 Å². The summed E-state index contributed by atoms with van der Waals surface area (Å²) in [5.74, 6) is 0.644. The van der Waals surface area contributed by atoms with Gasteiger partial charge in [-0.3, -0.25) is 5.10 Å². The number of rotatable bonds is 3. The summed E-state index contributed by atoms with van der Waals surface area (Å²) in [6, 6.07) is 0. The van der Waals surface area contributed by atoms with Gasteiger partial charge in [-0.1, -0.05) is 6.92 Å². The van der Waals surface area contributed by atoms with Crippen molar-refractivity contribution < 1.29 is 0 Å². The number of H-pyrrole nitrogens is 1. The van der Waals surface area contributed by atoms with Gasteiger partial charge in [-0.2, -0.15) is 10.1 Å². The number of aromatic amines is 1. The van der Waals surface area contributed by atoms with Gasteiger partial charge in [-0.15, -0.1) is 0 Å². The van der Waals surface area contributed by atoms with E-state index in [2.05, 4.69) is 32.4 Å². The van der Waals surface area contributed by atoms with E-state index in [9.17, 15) is 0 Å². The summed E-state index contributed by atoms with van der Waals surface area (Å²) in [6.45, 7) is 4.94. The van der Waals surface area contributed by atoms with Crippen molar-refractivity contribution in [1.29, 1.82) is 0 Å². The van der Waals surface area contributed by atoms with E-state index in [-0.39, 0.29) is 0 Å². The molecule has 14 heavy (non-hydrogen) atoms. The molecule has 2 N–H and O–H groups in total. The Morgan fingerprint density at radius 1 is 1.50 bits per heavy atom. The van der Waals surface area contributed by atoms with Crippen LogP contribution in [0.2, 0.25) is 0 Å². The predicted octanol–water partition coefficient (Wildman–Crippen LogP) is 1.48. The molecule has 0 aromatic carbocycles. The fourth-order valence-corrected chi connectivity index (χ4v) is 1.24. The number of nitrogens with zero attached hydrogens (tertiary/aromatic N) is 3. The van der Waals surface area contributed by atoms with Gasteiger partial charge in [0, 0.05) is 18.4 Å².